The minimum absolute atomic E-state index is 0.152. The number of nitrogens with zero attached hydrogens (tertiary/aromatic N) is 2. The number of hydrogen-bond donors (Lipinski definition) is 2. The van der Waals surface area contributed by atoms with Crippen molar-refractivity contribution in [3.63, 3.8) is 0 Å². The Kier molecular flexibility index (Phi) is 5.33. The maximum Gasteiger partial charge on any atom is 0.248 e. The Morgan fingerprint density at radius 2 is 1.78 bits per heavy atom. The van der Waals surface area contributed by atoms with E-state index in [0.717, 1.165) is 42.5 Å². The van der Waals surface area contributed by atoms with Crippen LogP contribution in [-0.2, 0) is 0 Å². The van der Waals surface area contributed by atoms with E-state index in [4.69, 9.17) is 0 Å². The maximum atomic E-state index is 13.9. The Morgan fingerprint density at radius 1 is 1.00 bits per heavy atom. The number of halogens is 2. The molecular formula is C25H24F2N4O. The fourth-order valence-corrected chi connectivity index (χ4v) is 4.98. The van der Waals surface area contributed by atoms with Crippen LogP contribution in [0.25, 0.3) is 22.3 Å². The predicted octanol–water partition coefficient (Wildman–Crippen LogP) is 5.67. The second-order valence-corrected chi connectivity index (χ2v) is 8.73. The van der Waals surface area contributed by atoms with Gasteiger partial charge in [-0.2, -0.15) is 5.10 Å². The summed E-state index contributed by atoms with van der Waals surface area (Å²) < 4.78 is 27.4. The van der Waals surface area contributed by atoms with Crippen molar-refractivity contribution in [3.8, 4) is 11.4 Å². The number of pyridine rings is 1. The zero-order valence-corrected chi connectivity index (χ0v) is 17.7. The molecule has 1 aliphatic carbocycles. The fourth-order valence-electron chi connectivity index (χ4n) is 4.98. The number of rotatable bonds is 4. The number of H-pyrrole nitrogens is 2. The minimum Gasteiger partial charge on any atom is -0.322 e. The molecule has 2 aromatic carbocycles. The average molecular weight is 434 g/mol. The lowest BCUT2D eigenvalue weighted by atomic mass is 9.73. The lowest BCUT2D eigenvalue weighted by Crippen LogP contribution is -2.20. The first kappa shape index (κ1) is 20.5. The monoisotopic (exact) mass is 434 g/mol. The van der Waals surface area contributed by atoms with E-state index < -0.39 is 0 Å². The van der Waals surface area contributed by atoms with Crippen LogP contribution in [0.1, 0.15) is 55.8 Å². The predicted molar refractivity (Wildman–Crippen MR) is 119 cm³/mol. The Bertz CT molecular complexity index is 1320. The summed E-state index contributed by atoms with van der Waals surface area (Å²) in [6.45, 7) is 2.14. The SMILES string of the molecule is C[C@@H](c1nc(-c2cccc(F)c2)n[nH]1)C1CCC(c2cc(=O)[nH]c3ccc(F)cc23)CC1. The zero-order valence-electron chi connectivity index (χ0n) is 17.7. The van der Waals surface area contributed by atoms with E-state index in [-0.39, 0.29) is 29.0 Å². The van der Waals surface area contributed by atoms with Crippen molar-refractivity contribution in [3.05, 3.63) is 81.9 Å². The average Bonchev–Trinajstić information content (AvgIpc) is 3.29. The molecule has 0 radical (unpaired) electrons. The Labute approximate surface area is 183 Å². The second kappa shape index (κ2) is 8.30. The van der Waals surface area contributed by atoms with Gasteiger partial charge in [0.2, 0.25) is 5.56 Å². The van der Waals surface area contributed by atoms with E-state index in [1.807, 2.05) is 0 Å². The molecule has 0 spiro atoms. The van der Waals surface area contributed by atoms with Crippen LogP contribution in [0.4, 0.5) is 8.78 Å². The number of aromatic amines is 2. The molecule has 4 aromatic rings. The maximum absolute atomic E-state index is 13.9. The standard InChI is InChI=1S/C25H24F2N4O/c1-14(24-29-25(31-30-24)17-3-2-4-18(26)11-17)15-5-7-16(8-6-15)20-13-23(32)28-22-10-9-19(27)12-21(20)22/h2-4,9-16H,5-8H2,1H3,(H,28,32)(H,29,30,31)/t14-,15?,16?/m1/s1. The van der Waals surface area contributed by atoms with Crippen LogP contribution in [0.2, 0.25) is 0 Å². The summed E-state index contributed by atoms with van der Waals surface area (Å²) in [5, 5.41) is 8.10. The van der Waals surface area contributed by atoms with Crippen LogP contribution in [0, 0.1) is 17.6 Å². The van der Waals surface area contributed by atoms with Crippen LogP contribution in [0.15, 0.2) is 53.3 Å². The van der Waals surface area contributed by atoms with Crippen LogP contribution in [0.5, 0.6) is 0 Å². The van der Waals surface area contributed by atoms with Crippen LogP contribution in [0.3, 0.4) is 0 Å². The number of fused-ring (bicyclic) bond motifs is 1. The summed E-state index contributed by atoms with van der Waals surface area (Å²) in [4.78, 5) is 19.6. The molecule has 2 N–H and O–H groups in total. The minimum atomic E-state index is -0.313. The van der Waals surface area contributed by atoms with E-state index >= 15 is 0 Å². The van der Waals surface area contributed by atoms with E-state index in [1.54, 1.807) is 24.3 Å². The largest absolute Gasteiger partial charge is 0.322 e. The summed E-state index contributed by atoms with van der Waals surface area (Å²) >= 11 is 0. The number of hydrogen-bond acceptors (Lipinski definition) is 3. The number of nitrogens with one attached hydrogen (secondary N) is 2. The summed E-state index contributed by atoms with van der Waals surface area (Å²) in [5.74, 6) is 1.51. The highest BCUT2D eigenvalue weighted by Crippen LogP contribution is 2.42. The molecule has 0 aliphatic heterocycles. The molecule has 0 bridgehead atoms. The van der Waals surface area contributed by atoms with Gasteiger partial charge in [-0.05, 0) is 73.4 Å². The van der Waals surface area contributed by atoms with Gasteiger partial charge in [0.15, 0.2) is 5.82 Å². The van der Waals surface area contributed by atoms with Crippen LogP contribution < -0.4 is 5.56 Å². The van der Waals surface area contributed by atoms with E-state index in [0.29, 0.717) is 22.8 Å². The summed E-state index contributed by atoms with van der Waals surface area (Å²) in [6.07, 6.45) is 3.81. The topological polar surface area (TPSA) is 74.4 Å². The molecule has 7 heteroatoms. The molecule has 1 aliphatic rings. The molecule has 2 heterocycles. The molecule has 5 rings (SSSR count). The molecule has 5 nitrogen and oxygen atoms in total. The Balaban J connectivity index is 1.32. The third kappa shape index (κ3) is 3.95. The van der Waals surface area contributed by atoms with Gasteiger partial charge < -0.3 is 4.98 Å². The van der Waals surface area contributed by atoms with Gasteiger partial charge in [0.05, 0.1) is 0 Å². The van der Waals surface area contributed by atoms with Gasteiger partial charge in [-0.3, -0.25) is 9.89 Å². The first-order valence-electron chi connectivity index (χ1n) is 11.0. The summed E-state index contributed by atoms with van der Waals surface area (Å²) in [6, 6.07) is 12.4. The molecule has 1 fully saturated rings. The first-order chi connectivity index (χ1) is 15.5. The first-order valence-corrected chi connectivity index (χ1v) is 11.0. The highest BCUT2D eigenvalue weighted by atomic mass is 19.1. The molecule has 1 atom stereocenters. The molecule has 0 unspecified atom stereocenters. The number of benzene rings is 2. The van der Waals surface area contributed by atoms with Gasteiger partial charge >= 0.3 is 0 Å². The van der Waals surface area contributed by atoms with Crippen molar-refractivity contribution in [2.75, 3.05) is 0 Å². The fraction of sp³-hybridized carbons (Fsp3) is 0.320. The lowest BCUT2D eigenvalue weighted by Gasteiger charge is -2.32. The van der Waals surface area contributed by atoms with E-state index in [9.17, 15) is 13.6 Å². The molecule has 164 valence electrons. The van der Waals surface area contributed by atoms with Crippen LogP contribution >= 0.6 is 0 Å². The highest BCUT2D eigenvalue weighted by molar-refractivity contribution is 5.82. The lowest BCUT2D eigenvalue weighted by molar-refractivity contribution is 0.286. The van der Waals surface area contributed by atoms with Crippen LogP contribution in [-0.4, -0.2) is 20.2 Å². The Morgan fingerprint density at radius 3 is 2.56 bits per heavy atom. The third-order valence-corrected chi connectivity index (χ3v) is 6.77. The van der Waals surface area contributed by atoms with E-state index in [1.165, 1.54) is 24.3 Å². The van der Waals surface area contributed by atoms with Crippen molar-refractivity contribution in [1.29, 1.82) is 0 Å². The van der Waals surface area contributed by atoms with Crippen molar-refractivity contribution >= 4 is 10.9 Å². The van der Waals surface area contributed by atoms with Gasteiger partial charge in [0.1, 0.15) is 17.5 Å². The molecule has 1 saturated carbocycles. The van der Waals surface area contributed by atoms with Gasteiger partial charge in [-0.15, -0.1) is 0 Å². The van der Waals surface area contributed by atoms with E-state index in [2.05, 4.69) is 27.1 Å². The van der Waals surface area contributed by atoms with Crippen molar-refractivity contribution in [1.82, 2.24) is 20.2 Å². The normalized spacial score (nSPS) is 19.8. The Hall–Kier alpha value is -3.35. The highest BCUT2D eigenvalue weighted by Gasteiger charge is 2.29. The summed E-state index contributed by atoms with van der Waals surface area (Å²) in [5.41, 5.74) is 2.11. The van der Waals surface area contributed by atoms with Crippen molar-refractivity contribution < 1.29 is 8.78 Å². The smallest absolute Gasteiger partial charge is 0.248 e. The second-order valence-electron chi connectivity index (χ2n) is 8.73. The zero-order chi connectivity index (χ0) is 22.2. The van der Waals surface area contributed by atoms with Crippen molar-refractivity contribution in [2.45, 2.75) is 44.4 Å². The van der Waals surface area contributed by atoms with Gasteiger partial charge in [0, 0.05) is 28.5 Å². The quantitative estimate of drug-likeness (QED) is 0.435. The summed E-state index contributed by atoms with van der Waals surface area (Å²) in [7, 11) is 0. The van der Waals surface area contributed by atoms with Gasteiger partial charge in [-0.1, -0.05) is 19.1 Å². The van der Waals surface area contributed by atoms with Gasteiger partial charge in [0.25, 0.3) is 0 Å². The molecule has 32 heavy (non-hydrogen) atoms. The molecule has 0 amide bonds. The third-order valence-electron chi connectivity index (χ3n) is 6.77. The molecule has 2 aromatic heterocycles. The number of aromatic nitrogens is 4. The molecule has 0 saturated heterocycles. The molecular weight excluding hydrogens is 410 g/mol. The van der Waals surface area contributed by atoms with Crippen molar-refractivity contribution in [2.24, 2.45) is 5.92 Å². The van der Waals surface area contributed by atoms with Gasteiger partial charge in [-0.25, -0.2) is 13.8 Å².